The fraction of sp³-hybridized carbons (Fsp3) is 0.261. The lowest BCUT2D eigenvalue weighted by Gasteiger charge is -2.14. The number of methoxy groups -OCH3 is 1. The molecule has 0 unspecified atom stereocenters. The number of nitrogens with zero attached hydrogens (tertiary/aromatic N) is 5. The van der Waals surface area contributed by atoms with Gasteiger partial charge in [-0.2, -0.15) is 4.98 Å². The molecular weight excluding hydrogens is 469 g/mol. The van der Waals surface area contributed by atoms with Crippen molar-refractivity contribution in [2.24, 2.45) is 0 Å². The van der Waals surface area contributed by atoms with Gasteiger partial charge in [0.15, 0.2) is 17.5 Å². The highest BCUT2D eigenvalue weighted by Crippen LogP contribution is 2.34. The van der Waals surface area contributed by atoms with E-state index >= 15 is 0 Å². The number of hydrogen-bond donors (Lipinski definition) is 1. The topological polar surface area (TPSA) is 69.8 Å². The molecule has 1 aliphatic heterocycles. The Bertz CT molecular complexity index is 1330. The molecular formula is C23H20ClF3N6O. The van der Waals surface area contributed by atoms with Crippen LogP contribution in [0.25, 0.3) is 5.69 Å². The van der Waals surface area contributed by atoms with Crippen molar-refractivity contribution in [1.29, 1.82) is 0 Å². The molecule has 7 nitrogen and oxygen atoms in total. The largest absolute Gasteiger partial charge is 0.494 e. The smallest absolute Gasteiger partial charge is 0.246 e. The first-order valence-corrected chi connectivity index (χ1v) is 11.0. The van der Waals surface area contributed by atoms with Crippen molar-refractivity contribution in [1.82, 2.24) is 24.3 Å². The van der Waals surface area contributed by atoms with Crippen molar-refractivity contribution in [3.05, 3.63) is 76.8 Å². The summed E-state index contributed by atoms with van der Waals surface area (Å²) in [6.45, 7) is 0.621. The first kappa shape index (κ1) is 22.3. The number of benzene rings is 2. The number of hydrogen-bond acceptors (Lipinski definition) is 5. The summed E-state index contributed by atoms with van der Waals surface area (Å²) in [6, 6.07) is 7.53. The number of nitrogens with one attached hydrogen (secondary N) is 1. The Hall–Kier alpha value is -3.53. The summed E-state index contributed by atoms with van der Waals surface area (Å²) in [5.41, 5.74) is 1.77. The summed E-state index contributed by atoms with van der Waals surface area (Å²) >= 11 is 5.92. The van der Waals surface area contributed by atoms with E-state index in [2.05, 4.69) is 20.4 Å². The standard InChI is InChI=1S/C23H20ClF3N6O/c1-34-19-10-14(5-6-18(19)32-11-20(24)28-12-32)29-23-30-22-15(4-2-3-7-33(22)31-23)13-8-16(25)21(27)17(26)9-13/h5-6,8-12,15H,2-4,7H2,1H3,(H,29,31)/t15-/m1/s1. The van der Waals surface area contributed by atoms with Gasteiger partial charge in [-0.3, -0.25) is 0 Å². The number of aryl methyl sites for hydroxylation is 1. The van der Waals surface area contributed by atoms with Gasteiger partial charge in [-0.25, -0.2) is 22.8 Å². The van der Waals surface area contributed by atoms with Crippen LogP contribution >= 0.6 is 11.6 Å². The summed E-state index contributed by atoms with van der Waals surface area (Å²) in [7, 11) is 1.56. The number of anilines is 2. The predicted molar refractivity (Wildman–Crippen MR) is 120 cm³/mol. The number of rotatable bonds is 5. The first-order valence-electron chi connectivity index (χ1n) is 10.7. The molecule has 0 spiro atoms. The van der Waals surface area contributed by atoms with E-state index in [1.807, 2.05) is 12.1 Å². The molecule has 3 heterocycles. The predicted octanol–water partition coefficient (Wildman–Crippen LogP) is 5.60. The highest BCUT2D eigenvalue weighted by molar-refractivity contribution is 6.29. The minimum absolute atomic E-state index is 0.337. The Morgan fingerprint density at radius 1 is 1.12 bits per heavy atom. The minimum atomic E-state index is -1.48. The fourth-order valence-corrected chi connectivity index (χ4v) is 4.34. The lowest BCUT2D eigenvalue weighted by atomic mass is 9.93. The van der Waals surface area contributed by atoms with Gasteiger partial charge in [0.25, 0.3) is 0 Å². The van der Waals surface area contributed by atoms with E-state index in [1.54, 1.807) is 34.9 Å². The molecule has 2 aromatic carbocycles. The zero-order valence-corrected chi connectivity index (χ0v) is 18.9. The normalized spacial score (nSPS) is 15.6. The third-order valence-corrected chi connectivity index (χ3v) is 5.99. The number of aromatic nitrogens is 5. The Labute approximate surface area is 198 Å². The van der Waals surface area contributed by atoms with Crippen molar-refractivity contribution >= 4 is 23.2 Å². The van der Waals surface area contributed by atoms with Gasteiger partial charge in [0.2, 0.25) is 5.95 Å². The molecule has 1 N–H and O–H groups in total. The molecule has 0 aliphatic carbocycles. The van der Waals surface area contributed by atoms with Gasteiger partial charge >= 0.3 is 0 Å². The maximum atomic E-state index is 13.9. The molecule has 0 saturated carbocycles. The lowest BCUT2D eigenvalue weighted by Crippen LogP contribution is -2.09. The van der Waals surface area contributed by atoms with E-state index in [1.165, 1.54) is 0 Å². The van der Waals surface area contributed by atoms with Crippen molar-refractivity contribution in [2.75, 3.05) is 12.4 Å². The second kappa shape index (κ2) is 9.02. The highest BCUT2D eigenvalue weighted by Gasteiger charge is 2.26. The SMILES string of the molecule is COc1cc(Nc2nc3n(n2)CCCC[C@@H]3c2cc(F)c(F)c(F)c2)ccc1-n1cnc(Cl)c1. The quantitative estimate of drug-likeness (QED) is 0.370. The Kier molecular flexibility index (Phi) is 5.91. The fourth-order valence-electron chi connectivity index (χ4n) is 4.19. The highest BCUT2D eigenvalue weighted by atomic mass is 35.5. The molecule has 4 aromatic rings. The molecule has 0 radical (unpaired) electrons. The molecule has 1 atom stereocenters. The number of imidazole rings is 1. The molecule has 0 fully saturated rings. The summed E-state index contributed by atoms with van der Waals surface area (Å²) in [5.74, 6) is -2.82. The van der Waals surface area contributed by atoms with E-state index < -0.39 is 23.4 Å². The van der Waals surface area contributed by atoms with Crippen LogP contribution < -0.4 is 10.1 Å². The van der Waals surface area contributed by atoms with Gasteiger partial charge in [-0.15, -0.1) is 5.10 Å². The van der Waals surface area contributed by atoms with Gasteiger partial charge in [-0.1, -0.05) is 18.0 Å². The average molecular weight is 489 g/mol. The van der Waals surface area contributed by atoms with Crippen LogP contribution in [0.3, 0.4) is 0 Å². The molecule has 11 heteroatoms. The van der Waals surface area contributed by atoms with Crippen molar-refractivity contribution in [3.8, 4) is 11.4 Å². The average Bonchev–Trinajstić information content (AvgIpc) is 3.37. The van der Waals surface area contributed by atoms with E-state index in [0.717, 1.165) is 30.7 Å². The van der Waals surface area contributed by atoms with E-state index in [0.29, 0.717) is 46.9 Å². The van der Waals surface area contributed by atoms with E-state index in [-0.39, 0.29) is 0 Å². The van der Waals surface area contributed by atoms with Gasteiger partial charge in [-0.05, 0) is 42.7 Å². The second-order valence-electron chi connectivity index (χ2n) is 7.98. The molecule has 5 rings (SSSR count). The number of fused-ring (bicyclic) bond motifs is 1. The third kappa shape index (κ3) is 4.21. The van der Waals surface area contributed by atoms with Gasteiger partial charge in [0.05, 0.1) is 12.8 Å². The van der Waals surface area contributed by atoms with Crippen LogP contribution in [-0.4, -0.2) is 31.4 Å². The van der Waals surface area contributed by atoms with Crippen LogP contribution in [0.5, 0.6) is 5.75 Å². The Morgan fingerprint density at radius 3 is 2.62 bits per heavy atom. The zero-order valence-electron chi connectivity index (χ0n) is 18.1. The second-order valence-corrected chi connectivity index (χ2v) is 8.37. The number of ether oxygens (including phenoxy) is 1. The molecule has 0 amide bonds. The molecule has 176 valence electrons. The monoisotopic (exact) mass is 488 g/mol. The molecule has 34 heavy (non-hydrogen) atoms. The van der Waals surface area contributed by atoms with Gasteiger partial charge in [0.1, 0.15) is 23.1 Å². The first-order chi connectivity index (χ1) is 16.4. The van der Waals surface area contributed by atoms with Crippen molar-refractivity contribution in [2.45, 2.75) is 31.7 Å². The zero-order chi connectivity index (χ0) is 23.8. The van der Waals surface area contributed by atoms with Crippen molar-refractivity contribution < 1.29 is 17.9 Å². The Morgan fingerprint density at radius 2 is 1.91 bits per heavy atom. The maximum Gasteiger partial charge on any atom is 0.246 e. The summed E-state index contributed by atoms with van der Waals surface area (Å²) in [6.07, 6.45) is 5.55. The molecule has 1 aliphatic rings. The Balaban J connectivity index is 1.45. The lowest BCUT2D eigenvalue weighted by molar-refractivity contribution is 0.413. The van der Waals surface area contributed by atoms with Crippen LogP contribution in [0.1, 0.15) is 36.6 Å². The van der Waals surface area contributed by atoms with Crippen LogP contribution in [0.15, 0.2) is 42.9 Å². The molecule has 2 aromatic heterocycles. The molecule has 0 bridgehead atoms. The van der Waals surface area contributed by atoms with Crippen LogP contribution in [-0.2, 0) is 6.54 Å². The van der Waals surface area contributed by atoms with Crippen LogP contribution in [0.4, 0.5) is 24.8 Å². The summed E-state index contributed by atoms with van der Waals surface area (Å²) < 4.78 is 50.3. The van der Waals surface area contributed by atoms with Gasteiger partial charge in [0, 0.05) is 30.4 Å². The molecule has 0 saturated heterocycles. The van der Waals surface area contributed by atoms with Crippen LogP contribution in [0, 0.1) is 17.5 Å². The van der Waals surface area contributed by atoms with Crippen LogP contribution in [0.2, 0.25) is 5.15 Å². The van der Waals surface area contributed by atoms with E-state index in [4.69, 9.17) is 16.3 Å². The minimum Gasteiger partial charge on any atom is -0.494 e. The van der Waals surface area contributed by atoms with Crippen molar-refractivity contribution in [3.63, 3.8) is 0 Å². The summed E-state index contributed by atoms with van der Waals surface area (Å²) in [5, 5.41) is 8.07. The number of halogens is 4. The maximum absolute atomic E-state index is 13.9. The summed E-state index contributed by atoms with van der Waals surface area (Å²) in [4.78, 5) is 8.63. The van der Waals surface area contributed by atoms with E-state index in [9.17, 15) is 13.2 Å². The third-order valence-electron chi connectivity index (χ3n) is 5.80. The van der Waals surface area contributed by atoms with Gasteiger partial charge < -0.3 is 14.6 Å².